The quantitative estimate of drug-likeness (QED) is 0.819. The molecule has 17 heavy (non-hydrogen) atoms. The zero-order valence-corrected chi connectivity index (χ0v) is 10.2. The fourth-order valence-electron chi connectivity index (χ4n) is 1.35. The van der Waals surface area contributed by atoms with Crippen LogP contribution < -0.4 is 10.6 Å². The van der Waals surface area contributed by atoms with Gasteiger partial charge in [-0.3, -0.25) is 5.32 Å². The van der Waals surface area contributed by atoms with Crippen LogP contribution in [0.4, 0.5) is 9.93 Å². The molecule has 1 aromatic rings. The Morgan fingerprint density at radius 1 is 1.53 bits per heavy atom. The van der Waals surface area contributed by atoms with Crippen molar-refractivity contribution in [3.05, 3.63) is 5.01 Å². The zero-order chi connectivity index (χ0) is 12.1. The van der Waals surface area contributed by atoms with E-state index in [2.05, 4.69) is 20.8 Å². The molecule has 94 valence electrons. The molecular formula is C9H14N4O3S. The summed E-state index contributed by atoms with van der Waals surface area (Å²) in [5.41, 5.74) is 0. The van der Waals surface area contributed by atoms with Gasteiger partial charge in [-0.05, 0) is 6.92 Å². The lowest BCUT2D eigenvalue weighted by Crippen LogP contribution is -2.41. The molecule has 0 bridgehead atoms. The van der Waals surface area contributed by atoms with E-state index in [1.54, 1.807) is 0 Å². The first-order valence-electron chi connectivity index (χ1n) is 5.28. The molecule has 2 N–H and O–H groups in total. The summed E-state index contributed by atoms with van der Waals surface area (Å²) in [6.07, 6.45) is -0.0781. The molecule has 2 heterocycles. The fraction of sp³-hybridized carbons (Fsp3) is 0.667. The Kier molecular flexibility index (Phi) is 4.24. The van der Waals surface area contributed by atoms with Crippen LogP contribution in [-0.4, -0.2) is 48.7 Å². The lowest BCUT2D eigenvalue weighted by atomic mass is 10.3. The number of nitrogens with one attached hydrogen (secondary N) is 2. The van der Waals surface area contributed by atoms with Crippen LogP contribution in [0.15, 0.2) is 0 Å². The van der Waals surface area contributed by atoms with Gasteiger partial charge in [0.1, 0.15) is 5.01 Å². The number of amides is 2. The predicted molar refractivity (Wildman–Crippen MR) is 62.2 cm³/mol. The van der Waals surface area contributed by atoms with Crippen LogP contribution in [0.1, 0.15) is 5.01 Å². The summed E-state index contributed by atoms with van der Waals surface area (Å²) < 4.78 is 10.6. The number of carbonyl (C=O) groups is 1. The molecule has 0 radical (unpaired) electrons. The molecule has 1 fully saturated rings. The molecule has 1 aromatic heterocycles. The molecule has 1 saturated heterocycles. The number of ether oxygens (including phenoxy) is 2. The third-order valence-corrected chi connectivity index (χ3v) is 2.88. The van der Waals surface area contributed by atoms with E-state index in [-0.39, 0.29) is 12.1 Å². The van der Waals surface area contributed by atoms with Crippen molar-refractivity contribution >= 4 is 22.5 Å². The van der Waals surface area contributed by atoms with Crippen LogP contribution in [0.2, 0.25) is 0 Å². The SMILES string of the molecule is Cc1nnc(NC(=O)NCC2COCCO2)s1. The summed E-state index contributed by atoms with van der Waals surface area (Å²) in [7, 11) is 0. The first-order valence-corrected chi connectivity index (χ1v) is 6.10. The average molecular weight is 258 g/mol. The highest BCUT2D eigenvalue weighted by atomic mass is 32.1. The van der Waals surface area contributed by atoms with Crippen molar-refractivity contribution in [3.8, 4) is 0 Å². The van der Waals surface area contributed by atoms with Crippen molar-refractivity contribution in [2.45, 2.75) is 13.0 Å². The largest absolute Gasteiger partial charge is 0.376 e. The van der Waals surface area contributed by atoms with Crippen molar-refractivity contribution in [3.63, 3.8) is 0 Å². The predicted octanol–water partition coefficient (Wildman–Crippen LogP) is 0.383. The molecule has 2 amide bonds. The number of urea groups is 1. The third kappa shape index (κ3) is 3.91. The minimum absolute atomic E-state index is 0.0781. The molecule has 1 unspecified atom stereocenters. The summed E-state index contributed by atoms with van der Waals surface area (Å²) >= 11 is 1.33. The average Bonchev–Trinajstić information content (AvgIpc) is 2.73. The summed E-state index contributed by atoms with van der Waals surface area (Å²) in [5, 5.41) is 14.2. The number of anilines is 1. The molecule has 1 atom stereocenters. The van der Waals surface area contributed by atoms with Crippen LogP contribution in [0, 0.1) is 6.92 Å². The summed E-state index contributed by atoms with van der Waals surface area (Å²) in [5.74, 6) is 0. The van der Waals surface area contributed by atoms with Gasteiger partial charge < -0.3 is 14.8 Å². The van der Waals surface area contributed by atoms with E-state index < -0.39 is 0 Å². The third-order valence-electron chi connectivity index (χ3n) is 2.12. The lowest BCUT2D eigenvalue weighted by molar-refractivity contribution is -0.0852. The molecule has 8 heteroatoms. The Hall–Kier alpha value is -1.25. The Balaban J connectivity index is 1.70. The maximum absolute atomic E-state index is 11.5. The smallest absolute Gasteiger partial charge is 0.321 e. The topological polar surface area (TPSA) is 85.4 Å². The lowest BCUT2D eigenvalue weighted by Gasteiger charge is -2.22. The van der Waals surface area contributed by atoms with Crippen molar-refractivity contribution in [2.75, 3.05) is 31.7 Å². The minimum atomic E-state index is -0.310. The maximum Gasteiger partial charge on any atom is 0.321 e. The van der Waals surface area contributed by atoms with Gasteiger partial charge in [-0.15, -0.1) is 10.2 Å². The monoisotopic (exact) mass is 258 g/mol. The van der Waals surface area contributed by atoms with Crippen LogP contribution in [-0.2, 0) is 9.47 Å². The second-order valence-electron chi connectivity index (χ2n) is 3.53. The molecule has 0 aromatic carbocycles. The first kappa shape index (κ1) is 12.2. The zero-order valence-electron chi connectivity index (χ0n) is 9.43. The van der Waals surface area contributed by atoms with Crippen LogP contribution in [0.5, 0.6) is 0 Å². The highest BCUT2D eigenvalue weighted by molar-refractivity contribution is 7.15. The van der Waals surface area contributed by atoms with Gasteiger partial charge in [0.05, 0.1) is 25.9 Å². The van der Waals surface area contributed by atoms with E-state index in [1.165, 1.54) is 11.3 Å². The Labute approximate surface area is 103 Å². The number of rotatable bonds is 3. The molecule has 0 saturated carbocycles. The highest BCUT2D eigenvalue weighted by Crippen LogP contribution is 2.12. The second-order valence-corrected chi connectivity index (χ2v) is 4.71. The van der Waals surface area contributed by atoms with Gasteiger partial charge in [0.2, 0.25) is 5.13 Å². The number of aryl methyl sites for hydroxylation is 1. The fourth-order valence-corrected chi connectivity index (χ4v) is 1.94. The Morgan fingerprint density at radius 3 is 3.06 bits per heavy atom. The summed E-state index contributed by atoms with van der Waals surface area (Å²) in [6, 6.07) is -0.310. The molecule has 1 aliphatic rings. The van der Waals surface area contributed by atoms with Crippen LogP contribution in [0.25, 0.3) is 0 Å². The van der Waals surface area contributed by atoms with Crippen molar-refractivity contribution in [1.82, 2.24) is 15.5 Å². The number of hydrogen-bond acceptors (Lipinski definition) is 6. The summed E-state index contributed by atoms with van der Waals surface area (Å²) in [4.78, 5) is 11.5. The van der Waals surface area contributed by atoms with Gasteiger partial charge in [-0.2, -0.15) is 0 Å². The van der Waals surface area contributed by atoms with Crippen LogP contribution in [0.3, 0.4) is 0 Å². The van der Waals surface area contributed by atoms with E-state index in [9.17, 15) is 4.79 Å². The normalized spacial score (nSPS) is 19.9. The number of nitrogens with zero attached hydrogens (tertiary/aromatic N) is 2. The maximum atomic E-state index is 11.5. The van der Waals surface area contributed by atoms with Crippen LogP contribution >= 0.6 is 11.3 Å². The Bertz CT molecular complexity index is 378. The van der Waals surface area contributed by atoms with Gasteiger partial charge in [-0.25, -0.2) is 4.79 Å². The van der Waals surface area contributed by atoms with E-state index in [0.29, 0.717) is 31.5 Å². The second kappa shape index (κ2) is 5.89. The van der Waals surface area contributed by atoms with Crippen molar-refractivity contribution in [1.29, 1.82) is 0 Å². The number of hydrogen-bond donors (Lipinski definition) is 2. The molecule has 0 aliphatic carbocycles. The first-order chi connectivity index (χ1) is 8.24. The van der Waals surface area contributed by atoms with Gasteiger partial charge in [0.15, 0.2) is 0 Å². The molecule has 2 rings (SSSR count). The van der Waals surface area contributed by atoms with Gasteiger partial charge in [-0.1, -0.05) is 11.3 Å². The number of aromatic nitrogens is 2. The van der Waals surface area contributed by atoms with E-state index in [0.717, 1.165) is 5.01 Å². The van der Waals surface area contributed by atoms with Gasteiger partial charge in [0.25, 0.3) is 0 Å². The van der Waals surface area contributed by atoms with E-state index >= 15 is 0 Å². The van der Waals surface area contributed by atoms with Crippen molar-refractivity contribution < 1.29 is 14.3 Å². The van der Waals surface area contributed by atoms with Gasteiger partial charge >= 0.3 is 6.03 Å². The molecule has 1 aliphatic heterocycles. The molecule has 7 nitrogen and oxygen atoms in total. The summed E-state index contributed by atoms with van der Waals surface area (Å²) in [6.45, 7) is 3.95. The number of carbonyl (C=O) groups excluding carboxylic acids is 1. The molecular weight excluding hydrogens is 244 g/mol. The molecule has 0 spiro atoms. The van der Waals surface area contributed by atoms with Crippen molar-refractivity contribution in [2.24, 2.45) is 0 Å². The van der Waals surface area contributed by atoms with E-state index in [1.807, 2.05) is 6.92 Å². The van der Waals surface area contributed by atoms with Gasteiger partial charge in [0, 0.05) is 6.54 Å². The minimum Gasteiger partial charge on any atom is -0.376 e. The van der Waals surface area contributed by atoms with E-state index in [4.69, 9.17) is 9.47 Å². The highest BCUT2D eigenvalue weighted by Gasteiger charge is 2.15. The Morgan fingerprint density at radius 2 is 2.41 bits per heavy atom. The standard InChI is InChI=1S/C9H14N4O3S/c1-6-12-13-9(17-6)11-8(14)10-4-7-5-15-2-3-16-7/h7H,2-5H2,1H3,(H2,10,11,13,14).